The van der Waals surface area contributed by atoms with Gasteiger partial charge in [-0.3, -0.25) is 9.48 Å². The maximum Gasteiger partial charge on any atom is 0.302 e. The Morgan fingerprint density at radius 2 is 1.96 bits per heavy atom. The summed E-state index contributed by atoms with van der Waals surface area (Å²) in [6, 6.07) is 5.71. The molecule has 1 aromatic heterocycles. The van der Waals surface area contributed by atoms with Gasteiger partial charge in [0, 0.05) is 25.5 Å². The molecule has 0 spiro atoms. The Kier molecular flexibility index (Phi) is 5.69. The molecule has 0 amide bonds. The van der Waals surface area contributed by atoms with Crippen molar-refractivity contribution in [2.45, 2.75) is 32.7 Å². The van der Waals surface area contributed by atoms with Crippen molar-refractivity contribution in [3.05, 3.63) is 40.2 Å². The van der Waals surface area contributed by atoms with Gasteiger partial charge in [0.15, 0.2) is 6.61 Å². The second-order valence-corrected chi connectivity index (χ2v) is 6.16. The Labute approximate surface area is 145 Å². The highest BCUT2D eigenvalue weighted by atomic mass is 79.9. The molecule has 130 valence electrons. The van der Waals surface area contributed by atoms with E-state index < -0.39 is 24.9 Å². The van der Waals surface area contributed by atoms with E-state index in [1.807, 2.05) is 0 Å². The van der Waals surface area contributed by atoms with Crippen LogP contribution in [-0.4, -0.2) is 28.3 Å². The number of carbonyl (C=O) groups excluding carboxylic acids is 1. The quantitative estimate of drug-likeness (QED) is 0.672. The average molecular weight is 405 g/mol. The minimum Gasteiger partial charge on any atom is -0.459 e. The number of halogens is 4. The van der Waals surface area contributed by atoms with E-state index in [-0.39, 0.29) is 12.4 Å². The average Bonchev–Trinajstić information content (AvgIpc) is 2.80. The van der Waals surface area contributed by atoms with Gasteiger partial charge in [0.1, 0.15) is 5.82 Å². The molecule has 1 aromatic carbocycles. The number of ether oxygens (including phenoxy) is 1. The third-order valence-corrected chi connectivity index (χ3v) is 4.30. The van der Waals surface area contributed by atoms with Crippen LogP contribution in [0.2, 0.25) is 0 Å². The van der Waals surface area contributed by atoms with Crippen LogP contribution in [0.5, 0.6) is 0 Å². The van der Waals surface area contributed by atoms with E-state index in [9.17, 15) is 18.0 Å². The van der Waals surface area contributed by atoms with Crippen molar-refractivity contribution in [2.24, 2.45) is 0 Å². The molecule has 0 saturated carbocycles. The second kappa shape index (κ2) is 7.38. The number of aromatic nitrogens is 2. The number of hydrogen-bond acceptors (Lipinski definition) is 3. The molecule has 0 atom stereocenters. The standard InChI is InChI=1S/C16H16BrF3N2O2/c1-10-14(17)15(12-3-5-13(18)6-4-12)22(21-10)8-7-16(19,20)9-24-11(2)23/h3-6H,7-9H2,1-2H3. The maximum absolute atomic E-state index is 13.8. The fourth-order valence-corrected chi connectivity index (χ4v) is 2.67. The van der Waals surface area contributed by atoms with Crippen molar-refractivity contribution >= 4 is 21.9 Å². The number of rotatable bonds is 6. The zero-order valence-corrected chi connectivity index (χ0v) is 14.7. The van der Waals surface area contributed by atoms with Crippen molar-refractivity contribution in [3.8, 4) is 11.3 Å². The largest absolute Gasteiger partial charge is 0.459 e. The first-order chi connectivity index (χ1) is 11.2. The number of esters is 1. The molecule has 0 aliphatic rings. The van der Waals surface area contributed by atoms with Crippen LogP contribution in [0.1, 0.15) is 19.0 Å². The van der Waals surface area contributed by atoms with Crippen LogP contribution in [0.15, 0.2) is 28.7 Å². The molecule has 24 heavy (non-hydrogen) atoms. The van der Waals surface area contributed by atoms with E-state index in [1.54, 1.807) is 19.1 Å². The number of benzene rings is 1. The van der Waals surface area contributed by atoms with Gasteiger partial charge in [-0.1, -0.05) is 0 Å². The minimum absolute atomic E-state index is 0.0760. The molecule has 8 heteroatoms. The lowest BCUT2D eigenvalue weighted by molar-refractivity contribution is -0.153. The van der Waals surface area contributed by atoms with E-state index in [2.05, 4.69) is 25.8 Å². The molecule has 4 nitrogen and oxygen atoms in total. The summed E-state index contributed by atoms with van der Waals surface area (Å²) in [4.78, 5) is 10.7. The monoisotopic (exact) mass is 404 g/mol. The lowest BCUT2D eigenvalue weighted by Crippen LogP contribution is -2.27. The molecule has 0 unspecified atom stereocenters. The van der Waals surface area contributed by atoms with Gasteiger partial charge in [0.25, 0.3) is 5.92 Å². The summed E-state index contributed by atoms with van der Waals surface area (Å²) in [7, 11) is 0. The van der Waals surface area contributed by atoms with Crippen LogP contribution in [0, 0.1) is 12.7 Å². The Bertz CT molecular complexity index is 730. The van der Waals surface area contributed by atoms with E-state index >= 15 is 0 Å². The van der Waals surface area contributed by atoms with Crippen molar-refractivity contribution in [1.29, 1.82) is 0 Å². The Morgan fingerprint density at radius 1 is 1.33 bits per heavy atom. The molecule has 0 N–H and O–H groups in total. The summed E-state index contributed by atoms with van der Waals surface area (Å²) >= 11 is 3.39. The smallest absolute Gasteiger partial charge is 0.302 e. The summed E-state index contributed by atoms with van der Waals surface area (Å²) < 4.78 is 47.1. The predicted molar refractivity (Wildman–Crippen MR) is 86.3 cm³/mol. The summed E-state index contributed by atoms with van der Waals surface area (Å²) in [6.07, 6.45) is -0.540. The molecule has 2 aromatic rings. The SMILES string of the molecule is CC(=O)OCC(F)(F)CCn1nc(C)c(Br)c1-c1ccc(F)cc1. The first-order valence-electron chi connectivity index (χ1n) is 7.19. The van der Waals surface area contributed by atoms with Gasteiger partial charge in [-0.2, -0.15) is 5.10 Å². The number of carbonyl (C=O) groups is 1. The topological polar surface area (TPSA) is 44.1 Å². The molecular weight excluding hydrogens is 389 g/mol. The predicted octanol–water partition coefficient (Wildman–Crippen LogP) is 4.35. The van der Waals surface area contributed by atoms with E-state index in [1.165, 1.54) is 16.8 Å². The first kappa shape index (κ1) is 18.5. The van der Waals surface area contributed by atoms with Crippen LogP contribution in [0.25, 0.3) is 11.3 Å². The van der Waals surface area contributed by atoms with E-state index in [4.69, 9.17) is 0 Å². The number of aryl methyl sites for hydroxylation is 2. The van der Waals surface area contributed by atoms with Crippen LogP contribution in [-0.2, 0) is 16.1 Å². The Balaban J connectivity index is 2.20. The van der Waals surface area contributed by atoms with Crippen LogP contribution in [0.4, 0.5) is 13.2 Å². The van der Waals surface area contributed by atoms with Crippen molar-refractivity contribution in [1.82, 2.24) is 9.78 Å². The minimum atomic E-state index is -3.15. The summed E-state index contributed by atoms with van der Waals surface area (Å²) in [6.45, 7) is 1.78. The fraction of sp³-hybridized carbons (Fsp3) is 0.375. The molecule has 0 fully saturated rings. The van der Waals surface area contributed by atoms with Crippen molar-refractivity contribution in [2.75, 3.05) is 6.61 Å². The van der Waals surface area contributed by atoms with Gasteiger partial charge in [-0.05, 0) is 47.1 Å². The highest BCUT2D eigenvalue weighted by molar-refractivity contribution is 9.10. The first-order valence-corrected chi connectivity index (χ1v) is 7.99. The Morgan fingerprint density at radius 3 is 2.54 bits per heavy atom. The number of alkyl halides is 2. The highest BCUT2D eigenvalue weighted by Gasteiger charge is 2.31. The van der Waals surface area contributed by atoms with Crippen LogP contribution in [0.3, 0.4) is 0 Å². The fourth-order valence-electron chi connectivity index (χ4n) is 2.15. The van der Waals surface area contributed by atoms with Gasteiger partial charge in [0.2, 0.25) is 0 Å². The number of hydrogen-bond donors (Lipinski definition) is 0. The second-order valence-electron chi connectivity index (χ2n) is 5.36. The van der Waals surface area contributed by atoms with Crippen molar-refractivity contribution < 1.29 is 22.7 Å². The molecular formula is C16H16BrF3N2O2. The lowest BCUT2D eigenvalue weighted by atomic mass is 10.1. The molecule has 1 heterocycles. The lowest BCUT2D eigenvalue weighted by Gasteiger charge is -2.16. The zero-order valence-electron chi connectivity index (χ0n) is 13.2. The normalized spacial score (nSPS) is 11.6. The highest BCUT2D eigenvalue weighted by Crippen LogP contribution is 2.32. The van der Waals surface area contributed by atoms with E-state index in [0.717, 1.165) is 6.92 Å². The Hall–Kier alpha value is -1.83. The van der Waals surface area contributed by atoms with E-state index in [0.29, 0.717) is 21.4 Å². The van der Waals surface area contributed by atoms with Gasteiger partial charge in [0.05, 0.1) is 15.9 Å². The molecule has 0 aliphatic heterocycles. The van der Waals surface area contributed by atoms with Gasteiger partial charge < -0.3 is 4.74 Å². The molecule has 0 radical (unpaired) electrons. The van der Waals surface area contributed by atoms with Gasteiger partial charge >= 0.3 is 5.97 Å². The summed E-state index contributed by atoms with van der Waals surface area (Å²) in [5, 5.41) is 4.24. The third kappa shape index (κ3) is 4.59. The summed E-state index contributed by atoms with van der Waals surface area (Å²) in [5.74, 6) is -4.29. The third-order valence-electron chi connectivity index (χ3n) is 3.35. The van der Waals surface area contributed by atoms with Crippen LogP contribution >= 0.6 is 15.9 Å². The van der Waals surface area contributed by atoms with Crippen LogP contribution < -0.4 is 0 Å². The van der Waals surface area contributed by atoms with Gasteiger partial charge in [-0.25, -0.2) is 13.2 Å². The summed E-state index contributed by atoms with van der Waals surface area (Å²) in [5.41, 5.74) is 1.89. The maximum atomic E-state index is 13.8. The molecule has 0 saturated heterocycles. The van der Waals surface area contributed by atoms with Gasteiger partial charge in [-0.15, -0.1) is 0 Å². The molecule has 0 bridgehead atoms. The molecule has 0 aliphatic carbocycles. The number of nitrogens with zero attached hydrogens (tertiary/aromatic N) is 2. The van der Waals surface area contributed by atoms with Crippen molar-refractivity contribution in [3.63, 3.8) is 0 Å². The zero-order chi connectivity index (χ0) is 17.9. The molecule has 2 rings (SSSR count).